The molecular weight excluding hydrogens is 308 g/mol. The molecule has 0 radical (unpaired) electrons. The van der Waals surface area contributed by atoms with Crippen molar-refractivity contribution in [2.24, 2.45) is 5.73 Å². The summed E-state index contributed by atoms with van der Waals surface area (Å²) in [5, 5.41) is 3.06. The Morgan fingerprint density at radius 1 is 1.09 bits per heavy atom. The molecule has 2 N–H and O–H groups in total. The maximum atomic E-state index is 5.87. The summed E-state index contributed by atoms with van der Waals surface area (Å²) < 4.78 is 0. The molecule has 3 rings (SSSR count). The van der Waals surface area contributed by atoms with Crippen LogP contribution in [-0.4, -0.2) is 4.98 Å². The average Bonchev–Trinajstić information content (AvgIpc) is 3.05. The Bertz CT molecular complexity index is 718. The van der Waals surface area contributed by atoms with E-state index in [-0.39, 0.29) is 6.04 Å². The van der Waals surface area contributed by atoms with Crippen LogP contribution >= 0.6 is 23.1 Å². The lowest BCUT2D eigenvalue weighted by atomic mass is 10.2. The molecule has 0 bridgehead atoms. The van der Waals surface area contributed by atoms with Gasteiger partial charge in [0.25, 0.3) is 0 Å². The maximum absolute atomic E-state index is 5.87. The largest absolute Gasteiger partial charge is 0.322 e. The van der Waals surface area contributed by atoms with Gasteiger partial charge < -0.3 is 5.73 Å². The van der Waals surface area contributed by atoms with E-state index in [4.69, 9.17) is 5.73 Å². The third kappa shape index (κ3) is 3.77. The fourth-order valence-electron chi connectivity index (χ4n) is 2.09. The van der Waals surface area contributed by atoms with E-state index in [0.29, 0.717) is 0 Å². The summed E-state index contributed by atoms with van der Waals surface area (Å²) in [4.78, 5) is 5.86. The number of nitrogens with zero attached hydrogens (tertiary/aromatic N) is 1. The molecule has 0 amide bonds. The van der Waals surface area contributed by atoms with Crippen LogP contribution in [0.15, 0.2) is 64.9 Å². The van der Waals surface area contributed by atoms with Crippen molar-refractivity contribution in [1.82, 2.24) is 4.98 Å². The van der Waals surface area contributed by atoms with E-state index < -0.39 is 0 Å². The zero-order valence-corrected chi connectivity index (χ0v) is 14.0. The number of thiazole rings is 1. The molecule has 0 fully saturated rings. The van der Waals surface area contributed by atoms with Gasteiger partial charge in [0.15, 0.2) is 0 Å². The highest BCUT2D eigenvalue weighted by Crippen LogP contribution is 2.28. The summed E-state index contributed by atoms with van der Waals surface area (Å²) in [5.41, 5.74) is 9.37. The monoisotopic (exact) mass is 326 g/mol. The Morgan fingerprint density at radius 2 is 1.82 bits per heavy atom. The van der Waals surface area contributed by atoms with Gasteiger partial charge in [0.2, 0.25) is 0 Å². The van der Waals surface area contributed by atoms with E-state index in [9.17, 15) is 0 Å². The van der Waals surface area contributed by atoms with E-state index in [1.807, 2.05) is 24.8 Å². The standard InChI is InChI=1S/C18H18N2S2/c1-13(19)18-20-17(12-22-18)15-7-9-16(10-8-15)21-11-14-5-3-2-4-6-14/h2-10,12-13H,11,19H2,1H3. The van der Waals surface area contributed by atoms with Gasteiger partial charge in [0.05, 0.1) is 11.7 Å². The first-order chi connectivity index (χ1) is 10.7. The Labute approximate surface area is 139 Å². The van der Waals surface area contributed by atoms with E-state index in [2.05, 4.69) is 58.9 Å². The van der Waals surface area contributed by atoms with Crippen molar-refractivity contribution in [3.05, 3.63) is 70.5 Å². The lowest BCUT2D eigenvalue weighted by Gasteiger charge is -2.03. The minimum absolute atomic E-state index is 0.000508. The van der Waals surface area contributed by atoms with Crippen LogP contribution in [0, 0.1) is 0 Å². The van der Waals surface area contributed by atoms with Crippen LogP contribution in [0.5, 0.6) is 0 Å². The fourth-order valence-corrected chi connectivity index (χ4v) is 3.73. The average molecular weight is 326 g/mol. The van der Waals surface area contributed by atoms with Crippen molar-refractivity contribution in [3.8, 4) is 11.3 Å². The Balaban J connectivity index is 1.67. The molecule has 0 spiro atoms. The second-order valence-corrected chi connectivity index (χ2v) is 7.10. The van der Waals surface area contributed by atoms with Crippen LogP contribution < -0.4 is 5.73 Å². The van der Waals surface area contributed by atoms with E-state index >= 15 is 0 Å². The maximum Gasteiger partial charge on any atom is 0.110 e. The highest BCUT2D eigenvalue weighted by atomic mass is 32.2. The predicted molar refractivity (Wildman–Crippen MR) is 96.2 cm³/mol. The van der Waals surface area contributed by atoms with Crippen molar-refractivity contribution >= 4 is 23.1 Å². The van der Waals surface area contributed by atoms with E-state index in [1.165, 1.54) is 10.5 Å². The molecule has 0 aliphatic heterocycles. The number of thioether (sulfide) groups is 1. The first kappa shape index (κ1) is 15.3. The summed E-state index contributed by atoms with van der Waals surface area (Å²) in [6.07, 6.45) is 0. The molecule has 2 nitrogen and oxygen atoms in total. The molecule has 4 heteroatoms. The zero-order valence-electron chi connectivity index (χ0n) is 12.4. The van der Waals surface area contributed by atoms with Gasteiger partial charge in [-0.05, 0) is 24.6 Å². The number of aromatic nitrogens is 1. The van der Waals surface area contributed by atoms with E-state index in [0.717, 1.165) is 22.0 Å². The quantitative estimate of drug-likeness (QED) is 0.661. The zero-order chi connectivity index (χ0) is 15.4. The molecule has 0 saturated carbocycles. The van der Waals surface area contributed by atoms with Crippen molar-refractivity contribution < 1.29 is 0 Å². The van der Waals surface area contributed by atoms with E-state index in [1.54, 1.807) is 11.3 Å². The van der Waals surface area contributed by atoms with Crippen molar-refractivity contribution in [3.63, 3.8) is 0 Å². The number of nitrogens with two attached hydrogens (primary N) is 1. The Hall–Kier alpha value is -1.62. The summed E-state index contributed by atoms with van der Waals surface area (Å²) >= 11 is 3.47. The summed E-state index contributed by atoms with van der Waals surface area (Å²) in [5.74, 6) is 0.992. The van der Waals surface area contributed by atoms with Crippen LogP contribution in [0.3, 0.4) is 0 Å². The molecular formula is C18H18N2S2. The first-order valence-electron chi connectivity index (χ1n) is 7.20. The molecule has 2 aromatic carbocycles. The Kier molecular flexibility index (Phi) is 4.93. The summed E-state index contributed by atoms with van der Waals surface area (Å²) in [7, 11) is 0. The molecule has 0 aliphatic carbocycles. The van der Waals surface area contributed by atoms with Crippen molar-refractivity contribution in [2.45, 2.75) is 23.6 Å². The summed E-state index contributed by atoms with van der Waals surface area (Å²) in [6, 6.07) is 19.1. The second-order valence-electron chi connectivity index (χ2n) is 5.16. The molecule has 0 aliphatic rings. The highest BCUT2D eigenvalue weighted by molar-refractivity contribution is 7.98. The number of benzene rings is 2. The lowest BCUT2D eigenvalue weighted by molar-refractivity contribution is 0.808. The van der Waals surface area contributed by atoms with Gasteiger partial charge in [-0.25, -0.2) is 4.98 Å². The van der Waals surface area contributed by atoms with Crippen LogP contribution in [0.2, 0.25) is 0 Å². The van der Waals surface area contributed by atoms with Crippen LogP contribution in [0.25, 0.3) is 11.3 Å². The molecule has 0 saturated heterocycles. The molecule has 112 valence electrons. The summed E-state index contributed by atoms with van der Waals surface area (Å²) in [6.45, 7) is 1.96. The third-order valence-electron chi connectivity index (χ3n) is 3.31. The van der Waals surface area contributed by atoms with Crippen LogP contribution in [0.1, 0.15) is 23.5 Å². The van der Waals surface area contributed by atoms with Gasteiger partial charge in [-0.2, -0.15) is 0 Å². The Morgan fingerprint density at radius 3 is 2.45 bits per heavy atom. The van der Waals surface area contributed by atoms with Gasteiger partial charge in [0, 0.05) is 21.6 Å². The van der Waals surface area contributed by atoms with Gasteiger partial charge in [-0.15, -0.1) is 23.1 Å². The van der Waals surface area contributed by atoms with Gasteiger partial charge in [-0.1, -0.05) is 42.5 Å². The van der Waals surface area contributed by atoms with Gasteiger partial charge in [0.1, 0.15) is 5.01 Å². The normalized spacial score (nSPS) is 12.3. The minimum atomic E-state index is -0.000508. The van der Waals surface area contributed by atoms with Gasteiger partial charge >= 0.3 is 0 Å². The fraction of sp³-hybridized carbons (Fsp3) is 0.167. The molecule has 22 heavy (non-hydrogen) atoms. The highest BCUT2D eigenvalue weighted by Gasteiger charge is 2.07. The van der Waals surface area contributed by atoms with Crippen LogP contribution in [0.4, 0.5) is 0 Å². The SMILES string of the molecule is CC(N)c1nc(-c2ccc(SCc3ccccc3)cc2)cs1. The number of hydrogen-bond acceptors (Lipinski definition) is 4. The van der Waals surface area contributed by atoms with Gasteiger partial charge in [-0.3, -0.25) is 0 Å². The third-order valence-corrected chi connectivity index (χ3v) is 5.44. The van der Waals surface area contributed by atoms with Crippen molar-refractivity contribution in [2.75, 3.05) is 0 Å². The minimum Gasteiger partial charge on any atom is -0.322 e. The predicted octanol–water partition coefficient (Wildman–Crippen LogP) is 5.12. The smallest absolute Gasteiger partial charge is 0.110 e. The molecule has 1 atom stereocenters. The number of rotatable bonds is 5. The molecule has 1 aromatic heterocycles. The molecule has 3 aromatic rings. The topological polar surface area (TPSA) is 38.9 Å². The van der Waals surface area contributed by atoms with Crippen LogP contribution in [-0.2, 0) is 5.75 Å². The first-order valence-corrected chi connectivity index (χ1v) is 9.07. The molecule has 1 unspecified atom stereocenters. The number of hydrogen-bond donors (Lipinski definition) is 1. The second kappa shape index (κ2) is 7.09. The van der Waals surface area contributed by atoms with Crippen molar-refractivity contribution in [1.29, 1.82) is 0 Å². The lowest BCUT2D eigenvalue weighted by Crippen LogP contribution is -2.03. The molecule has 1 heterocycles.